The van der Waals surface area contributed by atoms with Crippen LogP contribution in [0.15, 0.2) is 0 Å². The number of hydrogen-bond acceptors (Lipinski definition) is 3. The number of urea groups is 1. The number of carbonyl (C=O) groups excluding carboxylic acids is 1. The summed E-state index contributed by atoms with van der Waals surface area (Å²) in [6.45, 7) is 8.16. The number of carboxylic acid groups (broad SMARTS) is 1. The van der Waals surface area contributed by atoms with Crippen LogP contribution in [0.2, 0.25) is 0 Å². The Morgan fingerprint density at radius 2 is 1.83 bits per heavy atom. The molecule has 2 amide bonds. The molecular weight excluding hydrogens is 236 g/mol. The van der Waals surface area contributed by atoms with Gasteiger partial charge in [-0.1, -0.05) is 20.8 Å². The highest BCUT2D eigenvalue weighted by Gasteiger charge is 2.24. The van der Waals surface area contributed by atoms with Gasteiger partial charge >= 0.3 is 12.0 Å². The number of carbonyl (C=O) groups is 2. The molecule has 0 aliphatic heterocycles. The van der Waals surface area contributed by atoms with Crippen LogP contribution in [0.3, 0.4) is 0 Å². The minimum atomic E-state index is -1.06. The molecule has 6 nitrogen and oxygen atoms in total. The third-order valence-electron chi connectivity index (χ3n) is 2.86. The van der Waals surface area contributed by atoms with Crippen molar-refractivity contribution >= 4 is 12.0 Å². The van der Waals surface area contributed by atoms with Gasteiger partial charge in [-0.3, -0.25) is 0 Å². The molecule has 3 N–H and O–H groups in total. The molecule has 6 heteroatoms. The molecule has 0 saturated carbocycles. The first-order valence-electron chi connectivity index (χ1n) is 5.97. The number of hydrogen-bond donors (Lipinski definition) is 3. The van der Waals surface area contributed by atoms with Gasteiger partial charge in [0.05, 0.1) is 0 Å². The largest absolute Gasteiger partial charge is 0.480 e. The third kappa shape index (κ3) is 6.44. The fourth-order valence-corrected chi connectivity index (χ4v) is 1.11. The Kier molecular flexibility index (Phi) is 6.68. The van der Waals surface area contributed by atoms with E-state index in [4.69, 9.17) is 9.84 Å². The second-order valence-corrected chi connectivity index (χ2v) is 5.38. The summed E-state index contributed by atoms with van der Waals surface area (Å²) in [5.41, 5.74) is -0.0808. The zero-order chi connectivity index (χ0) is 14.3. The van der Waals surface area contributed by atoms with Crippen LogP contribution in [0.1, 0.15) is 34.1 Å². The van der Waals surface area contributed by atoms with Crippen LogP contribution in [0.4, 0.5) is 4.79 Å². The second kappa shape index (κ2) is 7.20. The van der Waals surface area contributed by atoms with Crippen molar-refractivity contribution in [3.05, 3.63) is 0 Å². The van der Waals surface area contributed by atoms with E-state index in [0.717, 1.165) is 0 Å². The standard InChI is InChI=1S/C12H24N2O4/c1-8(12(2,3)4)13-11(17)14-9(10(15)16)6-7-18-5/h8-9H,6-7H2,1-5H3,(H,15,16)(H2,13,14,17). The van der Waals surface area contributed by atoms with E-state index in [0.29, 0.717) is 0 Å². The summed E-state index contributed by atoms with van der Waals surface area (Å²) >= 11 is 0. The van der Waals surface area contributed by atoms with E-state index in [1.54, 1.807) is 0 Å². The average Bonchev–Trinajstić information content (AvgIpc) is 2.22. The fraction of sp³-hybridized carbons (Fsp3) is 0.833. The van der Waals surface area contributed by atoms with Crippen molar-refractivity contribution in [1.82, 2.24) is 10.6 Å². The first-order chi connectivity index (χ1) is 8.18. The summed E-state index contributed by atoms with van der Waals surface area (Å²) in [4.78, 5) is 22.6. The van der Waals surface area contributed by atoms with Crippen LogP contribution in [-0.2, 0) is 9.53 Å². The van der Waals surface area contributed by atoms with Gasteiger partial charge in [0.25, 0.3) is 0 Å². The van der Waals surface area contributed by atoms with Gasteiger partial charge in [0.2, 0.25) is 0 Å². The van der Waals surface area contributed by atoms with Crippen LogP contribution < -0.4 is 10.6 Å². The molecule has 0 aromatic carbocycles. The normalized spacial score (nSPS) is 14.7. The van der Waals surface area contributed by atoms with Crippen molar-refractivity contribution in [2.24, 2.45) is 5.41 Å². The van der Waals surface area contributed by atoms with Gasteiger partial charge in [0.15, 0.2) is 0 Å². The smallest absolute Gasteiger partial charge is 0.326 e. The van der Waals surface area contributed by atoms with E-state index in [9.17, 15) is 9.59 Å². The molecule has 18 heavy (non-hydrogen) atoms. The maximum absolute atomic E-state index is 11.7. The molecule has 2 unspecified atom stereocenters. The van der Waals surface area contributed by atoms with Crippen molar-refractivity contribution in [3.8, 4) is 0 Å². The van der Waals surface area contributed by atoms with E-state index >= 15 is 0 Å². The Labute approximate surface area is 108 Å². The molecule has 0 aromatic heterocycles. The minimum absolute atomic E-state index is 0.0608. The second-order valence-electron chi connectivity index (χ2n) is 5.38. The van der Waals surface area contributed by atoms with E-state index in [1.807, 2.05) is 27.7 Å². The number of ether oxygens (including phenoxy) is 1. The van der Waals surface area contributed by atoms with E-state index in [-0.39, 0.29) is 24.5 Å². The van der Waals surface area contributed by atoms with Crippen molar-refractivity contribution in [3.63, 3.8) is 0 Å². The molecule has 0 aromatic rings. The molecule has 0 spiro atoms. The van der Waals surface area contributed by atoms with Crippen molar-refractivity contribution < 1.29 is 19.4 Å². The zero-order valence-corrected chi connectivity index (χ0v) is 11.7. The fourth-order valence-electron chi connectivity index (χ4n) is 1.11. The third-order valence-corrected chi connectivity index (χ3v) is 2.86. The van der Waals surface area contributed by atoms with Gasteiger partial charge in [-0.2, -0.15) is 0 Å². The lowest BCUT2D eigenvalue weighted by atomic mass is 9.88. The average molecular weight is 260 g/mol. The highest BCUT2D eigenvalue weighted by atomic mass is 16.5. The zero-order valence-electron chi connectivity index (χ0n) is 11.7. The maximum atomic E-state index is 11.7. The SMILES string of the molecule is COCCC(NC(=O)NC(C)C(C)(C)C)C(=O)O. The summed E-state index contributed by atoms with van der Waals surface area (Å²) in [6, 6.07) is -1.47. The molecular formula is C12H24N2O4. The Hall–Kier alpha value is -1.30. The molecule has 0 fully saturated rings. The van der Waals surface area contributed by atoms with Crippen LogP contribution >= 0.6 is 0 Å². The summed E-state index contributed by atoms with van der Waals surface area (Å²) < 4.78 is 4.80. The summed E-state index contributed by atoms with van der Waals surface area (Å²) in [5.74, 6) is -1.06. The van der Waals surface area contributed by atoms with Crippen LogP contribution in [0.25, 0.3) is 0 Å². The van der Waals surface area contributed by atoms with Gasteiger partial charge in [0, 0.05) is 26.2 Å². The lowest BCUT2D eigenvalue weighted by Gasteiger charge is -2.28. The molecule has 2 atom stereocenters. The van der Waals surface area contributed by atoms with Gasteiger partial charge in [-0.25, -0.2) is 9.59 Å². The van der Waals surface area contributed by atoms with Crippen molar-refractivity contribution in [1.29, 1.82) is 0 Å². The Morgan fingerprint density at radius 3 is 2.22 bits per heavy atom. The van der Waals surface area contributed by atoms with Gasteiger partial charge in [-0.15, -0.1) is 0 Å². The number of aliphatic carboxylic acids is 1. The molecule has 0 bridgehead atoms. The number of carboxylic acids is 1. The Morgan fingerprint density at radius 1 is 1.28 bits per heavy atom. The van der Waals surface area contributed by atoms with Gasteiger partial charge in [0.1, 0.15) is 6.04 Å². The van der Waals surface area contributed by atoms with E-state index in [1.165, 1.54) is 7.11 Å². The maximum Gasteiger partial charge on any atom is 0.326 e. The number of rotatable bonds is 6. The summed E-state index contributed by atoms with van der Waals surface area (Å²) in [6.07, 6.45) is 0.239. The van der Waals surface area contributed by atoms with Crippen LogP contribution in [-0.4, -0.2) is 42.9 Å². The number of amides is 2. The van der Waals surface area contributed by atoms with Crippen molar-refractivity contribution in [2.75, 3.05) is 13.7 Å². The molecule has 0 aliphatic rings. The molecule has 0 aliphatic carbocycles. The van der Waals surface area contributed by atoms with Gasteiger partial charge in [-0.05, 0) is 12.3 Å². The summed E-state index contributed by atoms with van der Waals surface area (Å²) in [5, 5.41) is 14.1. The predicted molar refractivity (Wildman–Crippen MR) is 68.5 cm³/mol. The predicted octanol–water partition coefficient (Wildman–Crippen LogP) is 1.21. The minimum Gasteiger partial charge on any atom is -0.480 e. The molecule has 0 rings (SSSR count). The molecule has 0 saturated heterocycles. The first-order valence-corrected chi connectivity index (χ1v) is 5.97. The molecule has 0 heterocycles. The highest BCUT2D eigenvalue weighted by Crippen LogP contribution is 2.18. The first kappa shape index (κ1) is 16.7. The van der Waals surface area contributed by atoms with Crippen molar-refractivity contribution in [2.45, 2.75) is 46.2 Å². The molecule has 0 radical (unpaired) electrons. The van der Waals surface area contributed by atoms with Gasteiger partial charge < -0.3 is 20.5 Å². The Bertz CT molecular complexity index is 286. The number of nitrogens with one attached hydrogen (secondary N) is 2. The lowest BCUT2D eigenvalue weighted by Crippen LogP contribution is -2.51. The van der Waals surface area contributed by atoms with E-state index < -0.39 is 18.0 Å². The highest BCUT2D eigenvalue weighted by molar-refractivity contribution is 5.82. The lowest BCUT2D eigenvalue weighted by molar-refractivity contribution is -0.139. The van der Waals surface area contributed by atoms with E-state index in [2.05, 4.69) is 10.6 Å². The molecule has 106 valence electrons. The van der Waals surface area contributed by atoms with Crippen LogP contribution in [0, 0.1) is 5.41 Å². The number of methoxy groups -OCH3 is 1. The monoisotopic (exact) mass is 260 g/mol. The summed E-state index contributed by atoms with van der Waals surface area (Å²) in [7, 11) is 1.49. The quantitative estimate of drug-likeness (QED) is 0.670. The Balaban J connectivity index is 4.30. The topological polar surface area (TPSA) is 87.7 Å². The van der Waals surface area contributed by atoms with Crippen LogP contribution in [0.5, 0.6) is 0 Å².